The Bertz CT molecular complexity index is 556. The van der Waals surface area contributed by atoms with E-state index >= 15 is 0 Å². The Morgan fingerprint density at radius 1 is 0.893 bits per heavy atom. The lowest BCUT2D eigenvalue weighted by Crippen LogP contribution is -2.24. The molecule has 2 saturated carbocycles. The predicted octanol–water partition coefficient (Wildman–Crippen LogP) is 7.81. The van der Waals surface area contributed by atoms with Gasteiger partial charge in [0.15, 0.2) is 0 Å². The van der Waals surface area contributed by atoms with Gasteiger partial charge in [0.05, 0.1) is 12.3 Å². The summed E-state index contributed by atoms with van der Waals surface area (Å²) in [6, 6.07) is 2.30. The van der Waals surface area contributed by atoms with Crippen molar-refractivity contribution < 1.29 is 4.74 Å². The Hall–Kier alpha value is -1.05. The van der Waals surface area contributed by atoms with Crippen molar-refractivity contribution >= 4 is 0 Å². The molecule has 0 bridgehead atoms. The predicted molar refractivity (Wildman–Crippen MR) is 119 cm³/mol. The van der Waals surface area contributed by atoms with Gasteiger partial charge in [0, 0.05) is 5.69 Å². The average molecular weight is 386 g/mol. The van der Waals surface area contributed by atoms with Gasteiger partial charge in [-0.25, -0.2) is 0 Å². The summed E-state index contributed by atoms with van der Waals surface area (Å²) in [4.78, 5) is 4.66. The Labute approximate surface area is 173 Å². The second kappa shape index (κ2) is 11.8. The molecule has 0 unspecified atom stereocenters. The molecule has 2 heteroatoms. The van der Waals surface area contributed by atoms with E-state index < -0.39 is 0 Å². The fraction of sp³-hybridized carbons (Fsp3) is 0.808. The molecule has 28 heavy (non-hydrogen) atoms. The lowest BCUT2D eigenvalue weighted by atomic mass is 9.84. The molecule has 0 atom stereocenters. The third kappa shape index (κ3) is 7.08. The van der Waals surface area contributed by atoms with Gasteiger partial charge in [-0.2, -0.15) is 0 Å². The minimum atomic E-state index is 0.406. The lowest BCUT2D eigenvalue weighted by molar-refractivity contribution is 0.127. The molecule has 0 saturated heterocycles. The van der Waals surface area contributed by atoms with Crippen LogP contribution in [-0.2, 0) is 6.42 Å². The topological polar surface area (TPSA) is 22.1 Å². The van der Waals surface area contributed by atoms with Crippen LogP contribution in [0.3, 0.4) is 0 Å². The molecule has 1 heterocycles. The highest BCUT2D eigenvalue weighted by molar-refractivity contribution is 5.29. The number of aryl methyl sites for hydroxylation is 1. The first kappa shape index (κ1) is 21.7. The van der Waals surface area contributed by atoms with Crippen molar-refractivity contribution in [1.82, 2.24) is 4.98 Å². The van der Waals surface area contributed by atoms with Crippen LogP contribution in [0.4, 0.5) is 0 Å². The van der Waals surface area contributed by atoms with Crippen LogP contribution in [0.1, 0.15) is 114 Å². The molecule has 0 N–H and O–H groups in total. The molecule has 2 nitrogen and oxygen atoms in total. The Balaban J connectivity index is 1.41. The van der Waals surface area contributed by atoms with Gasteiger partial charge in [0.2, 0.25) is 0 Å². The summed E-state index contributed by atoms with van der Waals surface area (Å²) >= 11 is 0. The molecular weight excluding hydrogens is 342 g/mol. The van der Waals surface area contributed by atoms with E-state index in [1.54, 1.807) is 0 Å². The molecule has 1 aromatic rings. The summed E-state index contributed by atoms with van der Waals surface area (Å²) in [6.45, 7) is 4.46. The number of nitrogens with zero attached hydrogens (tertiary/aromatic N) is 1. The van der Waals surface area contributed by atoms with E-state index in [2.05, 4.69) is 24.9 Å². The van der Waals surface area contributed by atoms with E-state index in [1.807, 2.05) is 6.20 Å². The van der Waals surface area contributed by atoms with Crippen LogP contribution in [0.15, 0.2) is 12.3 Å². The Morgan fingerprint density at radius 3 is 2.39 bits per heavy atom. The fourth-order valence-corrected chi connectivity index (χ4v) is 5.30. The summed E-state index contributed by atoms with van der Waals surface area (Å²) in [5.74, 6) is 2.82. The van der Waals surface area contributed by atoms with Crippen LogP contribution < -0.4 is 4.74 Å². The van der Waals surface area contributed by atoms with Gasteiger partial charge in [-0.3, -0.25) is 4.98 Å². The van der Waals surface area contributed by atoms with Crippen LogP contribution in [-0.4, -0.2) is 11.1 Å². The standard InChI is InChI=1S/C26H43NO/c1-3-4-5-6-8-11-22-14-16-25(17-15-22)28-26-19-24(21(2)27-20-26)18-23-12-9-7-10-13-23/h19-20,22-23,25H,3-18H2,1-2H3. The van der Waals surface area contributed by atoms with Gasteiger partial charge in [-0.15, -0.1) is 0 Å². The number of hydrogen-bond acceptors (Lipinski definition) is 2. The number of rotatable bonds is 10. The van der Waals surface area contributed by atoms with Crippen LogP contribution in [0, 0.1) is 18.8 Å². The van der Waals surface area contributed by atoms with Gasteiger partial charge >= 0.3 is 0 Å². The summed E-state index contributed by atoms with van der Waals surface area (Å²) in [5, 5.41) is 0. The number of ether oxygens (including phenoxy) is 1. The third-order valence-corrected chi connectivity index (χ3v) is 7.21. The van der Waals surface area contributed by atoms with E-state index in [1.165, 1.54) is 114 Å². The first-order valence-electron chi connectivity index (χ1n) is 12.4. The van der Waals surface area contributed by atoms with E-state index in [0.29, 0.717) is 6.10 Å². The maximum absolute atomic E-state index is 6.38. The fourth-order valence-electron chi connectivity index (χ4n) is 5.30. The average Bonchev–Trinajstić information content (AvgIpc) is 2.72. The lowest BCUT2D eigenvalue weighted by Gasteiger charge is -2.29. The number of hydrogen-bond donors (Lipinski definition) is 0. The SMILES string of the molecule is CCCCCCCC1CCC(Oc2cnc(C)c(CC3CCCCC3)c2)CC1. The molecule has 0 spiro atoms. The first-order valence-corrected chi connectivity index (χ1v) is 12.4. The molecule has 2 aliphatic rings. The summed E-state index contributed by atoms with van der Waals surface area (Å²) in [7, 11) is 0. The molecular formula is C26H43NO. The van der Waals surface area contributed by atoms with Gasteiger partial charge in [-0.1, -0.05) is 77.6 Å². The van der Waals surface area contributed by atoms with Crippen molar-refractivity contribution in [3.63, 3.8) is 0 Å². The van der Waals surface area contributed by atoms with Crippen LogP contribution in [0.5, 0.6) is 5.75 Å². The molecule has 158 valence electrons. The summed E-state index contributed by atoms with van der Waals surface area (Å²) < 4.78 is 6.38. The second-order valence-electron chi connectivity index (χ2n) is 9.59. The van der Waals surface area contributed by atoms with E-state index in [0.717, 1.165) is 17.6 Å². The van der Waals surface area contributed by atoms with Gasteiger partial charge in [0.25, 0.3) is 0 Å². The number of aromatic nitrogens is 1. The molecule has 1 aromatic heterocycles. The molecule has 2 fully saturated rings. The minimum Gasteiger partial charge on any atom is -0.489 e. The second-order valence-corrected chi connectivity index (χ2v) is 9.59. The zero-order valence-corrected chi connectivity index (χ0v) is 18.6. The molecule has 2 aliphatic carbocycles. The van der Waals surface area contributed by atoms with Crippen LogP contribution in [0.25, 0.3) is 0 Å². The summed E-state index contributed by atoms with van der Waals surface area (Å²) in [6.07, 6.45) is 24.3. The molecule has 0 aromatic carbocycles. The third-order valence-electron chi connectivity index (χ3n) is 7.21. The van der Waals surface area contributed by atoms with Gasteiger partial charge in [0.1, 0.15) is 5.75 Å². The van der Waals surface area contributed by atoms with Crippen molar-refractivity contribution in [1.29, 1.82) is 0 Å². The van der Waals surface area contributed by atoms with Crippen molar-refractivity contribution in [2.24, 2.45) is 11.8 Å². The maximum Gasteiger partial charge on any atom is 0.138 e. The van der Waals surface area contributed by atoms with Crippen molar-refractivity contribution in [3.8, 4) is 5.75 Å². The molecule has 0 amide bonds. The summed E-state index contributed by atoms with van der Waals surface area (Å²) in [5.41, 5.74) is 2.62. The van der Waals surface area contributed by atoms with Crippen molar-refractivity contribution in [3.05, 3.63) is 23.5 Å². The largest absolute Gasteiger partial charge is 0.489 e. The highest BCUT2D eigenvalue weighted by Gasteiger charge is 2.23. The smallest absolute Gasteiger partial charge is 0.138 e. The Morgan fingerprint density at radius 2 is 1.64 bits per heavy atom. The van der Waals surface area contributed by atoms with Crippen molar-refractivity contribution in [2.45, 2.75) is 123 Å². The highest BCUT2D eigenvalue weighted by atomic mass is 16.5. The van der Waals surface area contributed by atoms with Gasteiger partial charge < -0.3 is 4.74 Å². The maximum atomic E-state index is 6.38. The Kier molecular flexibility index (Phi) is 9.15. The number of pyridine rings is 1. The highest BCUT2D eigenvalue weighted by Crippen LogP contribution is 2.32. The molecule has 0 radical (unpaired) electrons. The van der Waals surface area contributed by atoms with Crippen LogP contribution in [0.2, 0.25) is 0 Å². The van der Waals surface area contributed by atoms with E-state index in [-0.39, 0.29) is 0 Å². The van der Waals surface area contributed by atoms with Gasteiger partial charge in [-0.05, 0) is 62.5 Å². The quantitative estimate of drug-likeness (QED) is 0.383. The zero-order valence-electron chi connectivity index (χ0n) is 18.6. The normalized spacial score (nSPS) is 23.6. The first-order chi connectivity index (χ1) is 13.7. The molecule has 0 aliphatic heterocycles. The van der Waals surface area contributed by atoms with E-state index in [4.69, 9.17) is 4.74 Å². The molecule has 3 rings (SSSR count). The zero-order chi connectivity index (χ0) is 19.6. The number of unbranched alkanes of at least 4 members (excludes halogenated alkanes) is 4. The minimum absolute atomic E-state index is 0.406. The van der Waals surface area contributed by atoms with E-state index in [9.17, 15) is 0 Å². The van der Waals surface area contributed by atoms with Crippen molar-refractivity contribution in [2.75, 3.05) is 0 Å². The van der Waals surface area contributed by atoms with Crippen LogP contribution >= 0.6 is 0 Å². The monoisotopic (exact) mass is 385 g/mol.